The average molecular weight is 230 g/mol. The van der Waals surface area contributed by atoms with Gasteiger partial charge in [0.1, 0.15) is 0 Å². The number of hydrogen-bond donors (Lipinski definition) is 1. The Morgan fingerprint density at radius 3 is 2.62 bits per heavy atom. The topological polar surface area (TPSA) is 33.7 Å². The highest BCUT2D eigenvalue weighted by atomic mass is 16.5. The smallest absolute Gasteiger partial charge is 0.0693 e. The molecule has 4 nitrogen and oxygen atoms in total. The zero-order valence-electron chi connectivity index (χ0n) is 10.9. The van der Waals surface area contributed by atoms with Crippen LogP contribution in [0, 0.1) is 0 Å². The van der Waals surface area contributed by atoms with Crippen LogP contribution in [0.4, 0.5) is 0 Å². The Morgan fingerprint density at radius 1 is 1.31 bits per heavy atom. The van der Waals surface area contributed by atoms with E-state index in [1.54, 1.807) is 7.11 Å². The van der Waals surface area contributed by atoms with Gasteiger partial charge in [0.2, 0.25) is 0 Å². The first-order chi connectivity index (χ1) is 7.74. The minimum absolute atomic E-state index is 0.281. The van der Waals surface area contributed by atoms with E-state index in [1.165, 1.54) is 13.0 Å². The van der Waals surface area contributed by atoms with Crippen molar-refractivity contribution >= 4 is 0 Å². The number of nitrogens with one attached hydrogen (secondary N) is 1. The SMILES string of the molecule is COC(C)C(C)NCCCN1CCOCC1. The van der Waals surface area contributed by atoms with Crippen molar-refractivity contribution in [2.45, 2.75) is 32.4 Å². The van der Waals surface area contributed by atoms with Crippen molar-refractivity contribution in [3.8, 4) is 0 Å². The number of rotatable bonds is 7. The first-order valence-corrected chi connectivity index (χ1v) is 6.30. The van der Waals surface area contributed by atoms with E-state index in [-0.39, 0.29) is 6.10 Å². The first kappa shape index (κ1) is 13.9. The van der Waals surface area contributed by atoms with Gasteiger partial charge < -0.3 is 14.8 Å². The third-order valence-corrected chi connectivity index (χ3v) is 3.30. The molecule has 0 aromatic heterocycles. The van der Waals surface area contributed by atoms with E-state index in [2.05, 4.69) is 24.1 Å². The zero-order chi connectivity index (χ0) is 11.8. The van der Waals surface area contributed by atoms with E-state index < -0.39 is 0 Å². The molecule has 2 atom stereocenters. The summed E-state index contributed by atoms with van der Waals surface area (Å²) in [5.74, 6) is 0. The molecule has 0 amide bonds. The lowest BCUT2D eigenvalue weighted by atomic mass is 10.2. The largest absolute Gasteiger partial charge is 0.380 e. The molecule has 1 aliphatic rings. The summed E-state index contributed by atoms with van der Waals surface area (Å²) in [6.45, 7) is 10.5. The van der Waals surface area contributed by atoms with E-state index >= 15 is 0 Å². The maximum Gasteiger partial charge on any atom is 0.0693 e. The van der Waals surface area contributed by atoms with Crippen LogP contribution in [0.2, 0.25) is 0 Å². The summed E-state index contributed by atoms with van der Waals surface area (Å²) < 4.78 is 10.6. The fourth-order valence-corrected chi connectivity index (χ4v) is 1.83. The van der Waals surface area contributed by atoms with Crippen LogP contribution in [0.5, 0.6) is 0 Å². The van der Waals surface area contributed by atoms with E-state index in [4.69, 9.17) is 9.47 Å². The molecule has 1 saturated heterocycles. The number of hydrogen-bond acceptors (Lipinski definition) is 4. The van der Waals surface area contributed by atoms with E-state index in [0.29, 0.717) is 6.04 Å². The molecule has 1 fully saturated rings. The summed E-state index contributed by atoms with van der Waals surface area (Å²) in [5, 5.41) is 3.49. The van der Waals surface area contributed by atoms with Gasteiger partial charge in [0, 0.05) is 26.2 Å². The van der Waals surface area contributed by atoms with E-state index in [9.17, 15) is 0 Å². The van der Waals surface area contributed by atoms with Crippen LogP contribution in [-0.4, -0.2) is 63.5 Å². The third kappa shape index (κ3) is 5.25. The molecule has 0 saturated carbocycles. The summed E-state index contributed by atoms with van der Waals surface area (Å²) in [6.07, 6.45) is 1.48. The number of methoxy groups -OCH3 is 1. The quantitative estimate of drug-likeness (QED) is 0.654. The molecule has 0 bridgehead atoms. The van der Waals surface area contributed by atoms with Crippen LogP contribution in [0.15, 0.2) is 0 Å². The second kappa shape index (κ2) is 8.01. The summed E-state index contributed by atoms with van der Waals surface area (Å²) in [4.78, 5) is 2.47. The molecule has 0 aromatic rings. The molecule has 0 spiro atoms. The molecule has 2 unspecified atom stereocenters. The molecule has 1 aliphatic heterocycles. The number of ether oxygens (including phenoxy) is 2. The molecule has 1 heterocycles. The Morgan fingerprint density at radius 2 is 2.00 bits per heavy atom. The van der Waals surface area contributed by atoms with Gasteiger partial charge in [-0.3, -0.25) is 4.90 Å². The second-order valence-corrected chi connectivity index (χ2v) is 4.49. The molecular formula is C12H26N2O2. The minimum atomic E-state index is 0.281. The maximum absolute atomic E-state index is 5.32. The van der Waals surface area contributed by atoms with Crippen LogP contribution in [0.1, 0.15) is 20.3 Å². The van der Waals surface area contributed by atoms with Crippen molar-refractivity contribution in [3.05, 3.63) is 0 Å². The molecule has 16 heavy (non-hydrogen) atoms. The lowest BCUT2D eigenvalue weighted by Crippen LogP contribution is -2.40. The van der Waals surface area contributed by atoms with Gasteiger partial charge in [-0.15, -0.1) is 0 Å². The fraction of sp³-hybridized carbons (Fsp3) is 1.00. The third-order valence-electron chi connectivity index (χ3n) is 3.30. The highest BCUT2D eigenvalue weighted by molar-refractivity contribution is 4.69. The van der Waals surface area contributed by atoms with Gasteiger partial charge in [0.05, 0.1) is 19.3 Å². The molecule has 0 aromatic carbocycles. The number of nitrogens with zero attached hydrogens (tertiary/aromatic N) is 1. The van der Waals surface area contributed by atoms with Crippen molar-refractivity contribution < 1.29 is 9.47 Å². The van der Waals surface area contributed by atoms with Crippen LogP contribution in [0.3, 0.4) is 0 Å². The Bertz CT molecular complexity index is 168. The zero-order valence-corrected chi connectivity index (χ0v) is 10.9. The summed E-state index contributed by atoms with van der Waals surface area (Å²) in [7, 11) is 1.76. The molecule has 96 valence electrons. The van der Waals surface area contributed by atoms with Crippen molar-refractivity contribution in [1.29, 1.82) is 0 Å². The monoisotopic (exact) mass is 230 g/mol. The highest BCUT2D eigenvalue weighted by Gasteiger charge is 2.11. The summed E-state index contributed by atoms with van der Waals surface area (Å²) >= 11 is 0. The van der Waals surface area contributed by atoms with E-state index in [0.717, 1.165) is 32.8 Å². The predicted molar refractivity (Wildman–Crippen MR) is 65.8 cm³/mol. The predicted octanol–water partition coefficient (Wildman–Crippen LogP) is 0.722. The van der Waals surface area contributed by atoms with Crippen molar-refractivity contribution in [3.63, 3.8) is 0 Å². The lowest BCUT2D eigenvalue weighted by Gasteiger charge is -2.27. The molecule has 0 radical (unpaired) electrons. The molecule has 4 heteroatoms. The van der Waals surface area contributed by atoms with Crippen molar-refractivity contribution in [1.82, 2.24) is 10.2 Å². The van der Waals surface area contributed by atoms with E-state index in [1.807, 2.05) is 0 Å². The summed E-state index contributed by atoms with van der Waals surface area (Å²) in [5.41, 5.74) is 0. The molecule has 0 aliphatic carbocycles. The Balaban J connectivity index is 1.98. The maximum atomic E-state index is 5.32. The van der Waals surface area contributed by atoms with Gasteiger partial charge in [-0.2, -0.15) is 0 Å². The fourth-order valence-electron chi connectivity index (χ4n) is 1.83. The highest BCUT2D eigenvalue weighted by Crippen LogP contribution is 1.99. The minimum Gasteiger partial charge on any atom is -0.380 e. The molecule has 1 rings (SSSR count). The second-order valence-electron chi connectivity index (χ2n) is 4.49. The van der Waals surface area contributed by atoms with Gasteiger partial charge in [-0.1, -0.05) is 0 Å². The lowest BCUT2D eigenvalue weighted by molar-refractivity contribution is 0.0369. The van der Waals surface area contributed by atoms with Crippen molar-refractivity contribution in [2.75, 3.05) is 46.5 Å². The average Bonchev–Trinajstić information content (AvgIpc) is 2.34. The normalized spacial score (nSPS) is 21.9. The Hall–Kier alpha value is -0.160. The van der Waals surface area contributed by atoms with Crippen LogP contribution >= 0.6 is 0 Å². The van der Waals surface area contributed by atoms with Crippen molar-refractivity contribution in [2.24, 2.45) is 0 Å². The Kier molecular flexibility index (Phi) is 6.96. The number of morpholine rings is 1. The Labute approximate surface area is 99.3 Å². The van der Waals surface area contributed by atoms with Gasteiger partial charge >= 0.3 is 0 Å². The van der Waals surface area contributed by atoms with Crippen LogP contribution < -0.4 is 5.32 Å². The molecular weight excluding hydrogens is 204 g/mol. The van der Waals surface area contributed by atoms with Crippen LogP contribution in [-0.2, 0) is 9.47 Å². The first-order valence-electron chi connectivity index (χ1n) is 6.30. The molecule has 1 N–H and O–H groups in total. The van der Waals surface area contributed by atoms with Gasteiger partial charge in [-0.05, 0) is 33.4 Å². The van der Waals surface area contributed by atoms with Gasteiger partial charge in [-0.25, -0.2) is 0 Å². The standard InChI is InChI=1S/C12H26N2O2/c1-11(12(2)15-3)13-5-4-6-14-7-9-16-10-8-14/h11-13H,4-10H2,1-3H3. The van der Waals surface area contributed by atoms with Gasteiger partial charge in [0.25, 0.3) is 0 Å². The summed E-state index contributed by atoms with van der Waals surface area (Å²) in [6, 6.07) is 0.426. The van der Waals surface area contributed by atoms with Gasteiger partial charge in [0.15, 0.2) is 0 Å². The van der Waals surface area contributed by atoms with Crippen LogP contribution in [0.25, 0.3) is 0 Å².